The van der Waals surface area contributed by atoms with E-state index in [1.54, 1.807) is 31.0 Å². The van der Waals surface area contributed by atoms with E-state index in [1.807, 2.05) is 6.92 Å². The van der Waals surface area contributed by atoms with Crippen molar-refractivity contribution in [3.05, 3.63) is 29.7 Å². The number of esters is 1. The van der Waals surface area contributed by atoms with Crippen LogP contribution in [0.25, 0.3) is 5.95 Å². The largest absolute Gasteiger partial charge is 0.462 e. The van der Waals surface area contributed by atoms with Crippen LogP contribution in [0.4, 0.5) is 5.82 Å². The van der Waals surface area contributed by atoms with Crippen molar-refractivity contribution >= 4 is 11.8 Å². The molecule has 0 aromatic carbocycles. The lowest BCUT2D eigenvalue weighted by molar-refractivity contribution is 0.0526. The molecule has 0 spiro atoms. The third-order valence-corrected chi connectivity index (χ3v) is 2.42. The van der Waals surface area contributed by atoms with Gasteiger partial charge in [0, 0.05) is 19.4 Å². The molecular formula is C12H15N5O2. The summed E-state index contributed by atoms with van der Waals surface area (Å²) in [6.45, 7) is 3.98. The quantitative estimate of drug-likeness (QED) is 0.832. The van der Waals surface area contributed by atoms with E-state index in [9.17, 15) is 4.79 Å². The highest BCUT2D eigenvalue weighted by atomic mass is 16.5. The number of aryl methyl sites for hydroxylation is 1. The van der Waals surface area contributed by atoms with Crippen molar-refractivity contribution in [1.29, 1.82) is 0 Å². The van der Waals surface area contributed by atoms with E-state index in [1.165, 1.54) is 6.20 Å². The highest BCUT2D eigenvalue weighted by Gasteiger charge is 2.15. The Hall–Kier alpha value is -2.44. The molecule has 19 heavy (non-hydrogen) atoms. The maximum Gasteiger partial charge on any atom is 0.343 e. The molecule has 100 valence electrons. The van der Waals surface area contributed by atoms with Gasteiger partial charge in [-0.2, -0.15) is 10.1 Å². The summed E-state index contributed by atoms with van der Waals surface area (Å²) in [5.74, 6) is 0.358. The average Bonchev–Trinajstić information content (AvgIpc) is 2.85. The minimum Gasteiger partial charge on any atom is -0.462 e. The van der Waals surface area contributed by atoms with Crippen molar-refractivity contribution in [1.82, 2.24) is 19.7 Å². The van der Waals surface area contributed by atoms with Crippen LogP contribution in [0.2, 0.25) is 0 Å². The van der Waals surface area contributed by atoms with Gasteiger partial charge in [-0.3, -0.25) is 0 Å². The third-order valence-electron chi connectivity index (χ3n) is 2.42. The molecular weight excluding hydrogens is 246 g/mol. The van der Waals surface area contributed by atoms with E-state index < -0.39 is 5.97 Å². The summed E-state index contributed by atoms with van der Waals surface area (Å²) in [7, 11) is 1.68. The van der Waals surface area contributed by atoms with Gasteiger partial charge in [-0.15, -0.1) is 0 Å². The molecule has 2 aromatic heterocycles. The SMILES string of the molecule is CCOC(=O)c1cnc(-n2cc(C)cn2)nc1NC. The molecule has 0 aliphatic rings. The zero-order valence-electron chi connectivity index (χ0n) is 11.0. The van der Waals surface area contributed by atoms with Gasteiger partial charge >= 0.3 is 5.97 Å². The Balaban J connectivity index is 2.38. The minimum absolute atomic E-state index is 0.303. The zero-order valence-corrected chi connectivity index (χ0v) is 11.0. The second-order valence-corrected chi connectivity index (χ2v) is 3.87. The number of aromatic nitrogens is 4. The first-order valence-electron chi connectivity index (χ1n) is 5.89. The van der Waals surface area contributed by atoms with Gasteiger partial charge in [0.2, 0.25) is 0 Å². The van der Waals surface area contributed by atoms with Crippen LogP contribution in [0.1, 0.15) is 22.8 Å². The standard InChI is InChI=1S/C12H15N5O2/c1-4-19-11(18)9-6-14-12(16-10(9)13-3)17-7-8(2)5-15-17/h5-7H,4H2,1-3H3,(H,13,14,16). The lowest BCUT2D eigenvalue weighted by Crippen LogP contribution is -2.12. The van der Waals surface area contributed by atoms with Gasteiger partial charge in [0.05, 0.1) is 12.8 Å². The number of rotatable bonds is 4. The van der Waals surface area contributed by atoms with Crippen molar-refractivity contribution in [3.8, 4) is 5.95 Å². The molecule has 0 fully saturated rings. The molecule has 2 aromatic rings. The first kappa shape index (κ1) is 13.0. The molecule has 0 radical (unpaired) electrons. The number of hydrogen-bond donors (Lipinski definition) is 1. The summed E-state index contributed by atoms with van der Waals surface area (Å²) in [4.78, 5) is 20.1. The molecule has 0 bridgehead atoms. The highest BCUT2D eigenvalue weighted by Crippen LogP contribution is 2.14. The maximum atomic E-state index is 11.7. The first-order chi connectivity index (χ1) is 9.15. The second-order valence-electron chi connectivity index (χ2n) is 3.87. The molecule has 0 amide bonds. The molecule has 2 rings (SSSR count). The van der Waals surface area contributed by atoms with Crippen molar-refractivity contribution in [2.24, 2.45) is 0 Å². The predicted octanol–water partition coefficient (Wildman–Crippen LogP) is 1.19. The first-order valence-corrected chi connectivity index (χ1v) is 5.89. The molecule has 2 heterocycles. The third kappa shape index (κ3) is 2.70. The summed E-state index contributed by atoms with van der Waals surface area (Å²) in [5.41, 5.74) is 1.31. The number of anilines is 1. The van der Waals surface area contributed by atoms with E-state index in [0.29, 0.717) is 23.9 Å². The molecule has 1 N–H and O–H groups in total. The molecule has 0 saturated carbocycles. The summed E-state index contributed by atoms with van der Waals surface area (Å²) >= 11 is 0. The van der Waals surface area contributed by atoms with Gasteiger partial charge in [0.1, 0.15) is 11.4 Å². The van der Waals surface area contributed by atoms with Gasteiger partial charge < -0.3 is 10.1 Å². The summed E-state index contributed by atoms with van der Waals surface area (Å²) in [6, 6.07) is 0. The Morgan fingerprint density at radius 2 is 2.26 bits per heavy atom. The van der Waals surface area contributed by atoms with Crippen molar-refractivity contribution in [2.75, 3.05) is 19.0 Å². The minimum atomic E-state index is -0.449. The van der Waals surface area contributed by atoms with Crippen LogP contribution < -0.4 is 5.32 Å². The van der Waals surface area contributed by atoms with E-state index in [-0.39, 0.29) is 0 Å². The van der Waals surface area contributed by atoms with E-state index in [2.05, 4.69) is 20.4 Å². The number of nitrogens with zero attached hydrogens (tertiary/aromatic N) is 4. The number of hydrogen-bond acceptors (Lipinski definition) is 6. The molecule has 0 saturated heterocycles. The molecule has 0 unspecified atom stereocenters. The van der Waals surface area contributed by atoms with E-state index in [4.69, 9.17) is 4.74 Å². The van der Waals surface area contributed by atoms with E-state index in [0.717, 1.165) is 5.56 Å². The summed E-state index contributed by atoms with van der Waals surface area (Å²) < 4.78 is 6.49. The van der Waals surface area contributed by atoms with Crippen molar-refractivity contribution in [2.45, 2.75) is 13.8 Å². The Morgan fingerprint density at radius 3 is 2.84 bits per heavy atom. The second kappa shape index (κ2) is 5.47. The van der Waals surface area contributed by atoms with Gasteiger partial charge in [-0.05, 0) is 19.4 Å². The Labute approximate surface area is 110 Å². The summed E-state index contributed by atoms with van der Waals surface area (Å²) in [5, 5.41) is 6.98. The van der Waals surface area contributed by atoms with Crippen LogP contribution in [-0.2, 0) is 4.74 Å². The average molecular weight is 261 g/mol. The number of nitrogens with one attached hydrogen (secondary N) is 1. The fraction of sp³-hybridized carbons (Fsp3) is 0.333. The fourth-order valence-electron chi connectivity index (χ4n) is 1.55. The van der Waals surface area contributed by atoms with Gasteiger partial charge in [-0.1, -0.05) is 0 Å². The Morgan fingerprint density at radius 1 is 1.47 bits per heavy atom. The topological polar surface area (TPSA) is 81.9 Å². The van der Waals surface area contributed by atoms with Crippen LogP contribution >= 0.6 is 0 Å². The Kier molecular flexibility index (Phi) is 3.74. The van der Waals surface area contributed by atoms with Crippen molar-refractivity contribution < 1.29 is 9.53 Å². The zero-order chi connectivity index (χ0) is 13.8. The smallest absolute Gasteiger partial charge is 0.343 e. The molecule has 0 aliphatic carbocycles. The molecule has 0 atom stereocenters. The van der Waals surface area contributed by atoms with Crippen LogP contribution in [0, 0.1) is 6.92 Å². The predicted molar refractivity (Wildman–Crippen MR) is 69.4 cm³/mol. The van der Waals surface area contributed by atoms with Crippen LogP contribution in [0.3, 0.4) is 0 Å². The number of ether oxygens (including phenoxy) is 1. The fourth-order valence-corrected chi connectivity index (χ4v) is 1.55. The Bertz CT molecular complexity index is 594. The van der Waals surface area contributed by atoms with Crippen LogP contribution in [0.15, 0.2) is 18.6 Å². The van der Waals surface area contributed by atoms with Gasteiger partial charge in [-0.25, -0.2) is 14.5 Å². The van der Waals surface area contributed by atoms with Crippen LogP contribution in [-0.4, -0.2) is 39.4 Å². The summed E-state index contributed by atoms with van der Waals surface area (Å²) in [6.07, 6.45) is 4.95. The van der Waals surface area contributed by atoms with Gasteiger partial charge in [0.15, 0.2) is 0 Å². The lowest BCUT2D eigenvalue weighted by atomic mass is 10.3. The van der Waals surface area contributed by atoms with Crippen molar-refractivity contribution in [3.63, 3.8) is 0 Å². The molecule has 7 nitrogen and oxygen atoms in total. The normalized spacial score (nSPS) is 10.3. The van der Waals surface area contributed by atoms with Gasteiger partial charge in [0.25, 0.3) is 5.95 Å². The molecule has 7 heteroatoms. The molecule has 0 aliphatic heterocycles. The van der Waals surface area contributed by atoms with E-state index >= 15 is 0 Å². The maximum absolute atomic E-state index is 11.7. The monoisotopic (exact) mass is 261 g/mol. The number of carbonyl (C=O) groups excluding carboxylic acids is 1. The number of carbonyl (C=O) groups is 1. The lowest BCUT2D eigenvalue weighted by Gasteiger charge is -2.08. The highest BCUT2D eigenvalue weighted by molar-refractivity contribution is 5.94. The van der Waals surface area contributed by atoms with Crippen LogP contribution in [0.5, 0.6) is 0 Å².